The van der Waals surface area contributed by atoms with Crippen LogP contribution in [0.5, 0.6) is 0 Å². The lowest BCUT2D eigenvalue weighted by atomic mass is 10.1. The molecule has 0 N–H and O–H groups in total. The first kappa shape index (κ1) is 19.8. The van der Waals surface area contributed by atoms with E-state index in [1.807, 2.05) is 42.1 Å². The van der Waals surface area contributed by atoms with Gasteiger partial charge in [0.25, 0.3) is 11.8 Å². The van der Waals surface area contributed by atoms with Crippen molar-refractivity contribution in [3.8, 4) is 17.3 Å². The highest BCUT2D eigenvalue weighted by Gasteiger charge is 2.18. The molecule has 0 aliphatic rings. The van der Waals surface area contributed by atoms with Crippen molar-refractivity contribution < 1.29 is 9.21 Å². The second kappa shape index (κ2) is 8.37. The van der Waals surface area contributed by atoms with Gasteiger partial charge < -0.3 is 9.32 Å². The molecule has 7 nitrogen and oxygen atoms in total. The summed E-state index contributed by atoms with van der Waals surface area (Å²) in [6, 6.07) is 9.54. The molecule has 0 unspecified atom stereocenters. The van der Waals surface area contributed by atoms with E-state index in [1.54, 1.807) is 11.8 Å². The predicted octanol–water partition coefficient (Wildman–Crippen LogP) is 3.91. The van der Waals surface area contributed by atoms with E-state index in [4.69, 9.17) is 9.52 Å². The van der Waals surface area contributed by atoms with E-state index >= 15 is 0 Å². The summed E-state index contributed by atoms with van der Waals surface area (Å²) in [5.41, 5.74) is 3.16. The predicted molar refractivity (Wildman–Crippen MR) is 107 cm³/mol. The molecule has 0 saturated carbocycles. The van der Waals surface area contributed by atoms with Crippen molar-refractivity contribution in [2.45, 2.75) is 40.5 Å². The van der Waals surface area contributed by atoms with Crippen LogP contribution >= 0.6 is 0 Å². The van der Waals surface area contributed by atoms with Crippen LogP contribution in [0.25, 0.3) is 17.3 Å². The minimum absolute atomic E-state index is 0.00835. The molecule has 148 valence electrons. The molecule has 0 saturated heterocycles. The topological polar surface area (TPSA) is 77.1 Å². The maximum Gasteiger partial charge on any atom is 0.268 e. The van der Waals surface area contributed by atoms with Gasteiger partial charge >= 0.3 is 0 Å². The van der Waals surface area contributed by atoms with E-state index < -0.39 is 0 Å². The van der Waals surface area contributed by atoms with Crippen molar-refractivity contribution in [3.63, 3.8) is 0 Å². The summed E-state index contributed by atoms with van der Waals surface area (Å²) in [4.78, 5) is 14.4. The van der Waals surface area contributed by atoms with Crippen molar-refractivity contribution in [2.24, 2.45) is 5.92 Å². The third-order valence-electron chi connectivity index (χ3n) is 4.39. The normalized spacial score (nSPS) is 11.2. The number of aromatic nitrogens is 4. The third-order valence-corrected chi connectivity index (χ3v) is 4.39. The number of amides is 1. The van der Waals surface area contributed by atoms with Crippen LogP contribution in [0.1, 0.15) is 49.1 Å². The fourth-order valence-electron chi connectivity index (χ4n) is 3.14. The molecule has 3 aromatic rings. The van der Waals surface area contributed by atoms with Crippen molar-refractivity contribution in [3.05, 3.63) is 47.5 Å². The molecule has 0 aliphatic heterocycles. The molecule has 0 spiro atoms. The van der Waals surface area contributed by atoms with Crippen LogP contribution in [-0.4, -0.2) is 44.4 Å². The van der Waals surface area contributed by atoms with E-state index in [0.717, 1.165) is 30.8 Å². The molecule has 0 fully saturated rings. The van der Waals surface area contributed by atoms with Gasteiger partial charge in [-0.2, -0.15) is 5.10 Å². The van der Waals surface area contributed by atoms with Gasteiger partial charge in [0.2, 0.25) is 5.89 Å². The fraction of sp³-hybridized carbons (Fsp3) is 0.429. The Kier molecular flexibility index (Phi) is 5.92. The molecule has 0 atom stereocenters. The van der Waals surface area contributed by atoms with Crippen molar-refractivity contribution in [2.75, 3.05) is 13.6 Å². The Hall–Kier alpha value is -2.96. The molecule has 2 aromatic heterocycles. The monoisotopic (exact) mass is 381 g/mol. The Morgan fingerprint density at radius 2 is 2.04 bits per heavy atom. The van der Waals surface area contributed by atoms with Gasteiger partial charge in [-0.05, 0) is 43.0 Å². The number of carbonyl (C=O) groups is 1. The smallest absolute Gasteiger partial charge is 0.268 e. The Labute approximate surface area is 165 Å². The summed E-state index contributed by atoms with van der Waals surface area (Å²) in [6.45, 7) is 8.86. The Bertz CT molecular complexity index is 957. The maximum absolute atomic E-state index is 12.7. The summed E-state index contributed by atoms with van der Waals surface area (Å²) < 4.78 is 7.41. The molecule has 0 aliphatic carbocycles. The molecule has 1 amide bonds. The van der Waals surface area contributed by atoms with Crippen LogP contribution in [0.2, 0.25) is 0 Å². The standard InChI is InChI=1S/C21H27N5O2/c1-6-10-25(5)21(27)16-8-7-9-17(12-16)26-18(11-14(2)3)13-19(24-26)20-23-22-15(4)28-20/h7-9,12-14H,6,10-11H2,1-5H3. The van der Waals surface area contributed by atoms with Crippen LogP contribution < -0.4 is 0 Å². The second-order valence-electron chi connectivity index (χ2n) is 7.43. The zero-order chi connectivity index (χ0) is 20.3. The average molecular weight is 381 g/mol. The molecule has 3 rings (SSSR count). The van der Waals surface area contributed by atoms with Gasteiger partial charge in [0.15, 0.2) is 0 Å². The third kappa shape index (κ3) is 4.30. The van der Waals surface area contributed by atoms with Crippen LogP contribution in [0.3, 0.4) is 0 Å². The largest absolute Gasteiger partial charge is 0.420 e. The minimum atomic E-state index is 0.00835. The molecule has 1 aromatic carbocycles. The summed E-state index contributed by atoms with van der Waals surface area (Å²) in [5, 5.41) is 12.7. The molecular formula is C21H27N5O2. The summed E-state index contributed by atoms with van der Waals surface area (Å²) >= 11 is 0. The maximum atomic E-state index is 12.7. The quantitative estimate of drug-likeness (QED) is 0.620. The van der Waals surface area contributed by atoms with Crippen molar-refractivity contribution in [1.29, 1.82) is 0 Å². The van der Waals surface area contributed by atoms with Gasteiger partial charge in [0, 0.05) is 31.8 Å². The molecule has 0 radical (unpaired) electrons. The van der Waals surface area contributed by atoms with E-state index in [9.17, 15) is 4.79 Å². The van der Waals surface area contributed by atoms with Crippen molar-refractivity contribution in [1.82, 2.24) is 24.9 Å². The average Bonchev–Trinajstić information content (AvgIpc) is 3.27. The number of nitrogens with zero attached hydrogens (tertiary/aromatic N) is 5. The molecule has 7 heteroatoms. The highest BCUT2D eigenvalue weighted by atomic mass is 16.4. The number of aryl methyl sites for hydroxylation is 1. The second-order valence-corrected chi connectivity index (χ2v) is 7.43. The molecule has 2 heterocycles. The van der Waals surface area contributed by atoms with Gasteiger partial charge in [0.05, 0.1) is 5.69 Å². The SMILES string of the molecule is CCCN(C)C(=O)c1cccc(-n2nc(-c3nnc(C)o3)cc2CC(C)C)c1. The van der Waals surface area contributed by atoms with Crippen molar-refractivity contribution >= 4 is 5.91 Å². The summed E-state index contributed by atoms with van der Waals surface area (Å²) in [7, 11) is 1.83. The van der Waals surface area contributed by atoms with Crippen LogP contribution in [-0.2, 0) is 6.42 Å². The first-order valence-corrected chi connectivity index (χ1v) is 9.64. The van der Waals surface area contributed by atoms with E-state index in [-0.39, 0.29) is 5.91 Å². The Balaban J connectivity index is 2.01. The molecular weight excluding hydrogens is 354 g/mol. The minimum Gasteiger partial charge on any atom is -0.420 e. The lowest BCUT2D eigenvalue weighted by Crippen LogP contribution is -2.27. The number of rotatable bonds is 7. The van der Waals surface area contributed by atoms with Gasteiger partial charge in [-0.1, -0.05) is 26.8 Å². The zero-order valence-electron chi connectivity index (χ0n) is 17.1. The summed E-state index contributed by atoms with van der Waals surface area (Å²) in [6.07, 6.45) is 1.76. The summed E-state index contributed by atoms with van der Waals surface area (Å²) in [5.74, 6) is 1.36. The number of carbonyl (C=O) groups excluding carboxylic acids is 1. The Morgan fingerprint density at radius 1 is 1.25 bits per heavy atom. The van der Waals surface area contributed by atoms with Gasteiger partial charge in [-0.25, -0.2) is 4.68 Å². The number of benzene rings is 1. The number of hydrogen-bond donors (Lipinski definition) is 0. The lowest BCUT2D eigenvalue weighted by Gasteiger charge is -2.17. The zero-order valence-corrected chi connectivity index (χ0v) is 17.1. The van der Waals surface area contributed by atoms with Gasteiger partial charge in [-0.3, -0.25) is 4.79 Å². The molecule has 0 bridgehead atoms. The Morgan fingerprint density at radius 3 is 2.68 bits per heavy atom. The fourth-order valence-corrected chi connectivity index (χ4v) is 3.14. The first-order valence-electron chi connectivity index (χ1n) is 9.64. The van der Waals surface area contributed by atoms with Gasteiger partial charge in [0.1, 0.15) is 5.69 Å². The van der Waals surface area contributed by atoms with Crippen LogP contribution in [0.15, 0.2) is 34.7 Å². The van der Waals surface area contributed by atoms with E-state index in [1.165, 1.54) is 0 Å². The van der Waals surface area contributed by atoms with Crippen LogP contribution in [0.4, 0.5) is 0 Å². The highest BCUT2D eigenvalue weighted by molar-refractivity contribution is 5.94. The lowest BCUT2D eigenvalue weighted by molar-refractivity contribution is 0.0795. The highest BCUT2D eigenvalue weighted by Crippen LogP contribution is 2.23. The molecule has 28 heavy (non-hydrogen) atoms. The van der Waals surface area contributed by atoms with Gasteiger partial charge in [-0.15, -0.1) is 10.2 Å². The number of hydrogen-bond acceptors (Lipinski definition) is 5. The van der Waals surface area contributed by atoms with E-state index in [0.29, 0.717) is 29.0 Å². The van der Waals surface area contributed by atoms with Crippen LogP contribution in [0, 0.1) is 12.8 Å². The van der Waals surface area contributed by atoms with E-state index in [2.05, 4.69) is 31.0 Å². The first-order chi connectivity index (χ1) is 13.4.